The van der Waals surface area contributed by atoms with Crippen LogP contribution in [0.25, 0.3) is 0 Å². The van der Waals surface area contributed by atoms with Crippen LogP contribution in [-0.2, 0) is 9.59 Å². The van der Waals surface area contributed by atoms with Crippen LogP contribution in [0.5, 0.6) is 0 Å². The summed E-state index contributed by atoms with van der Waals surface area (Å²) >= 11 is 3.33. The number of hydrogen-bond acceptors (Lipinski definition) is 2. The highest BCUT2D eigenvalue weighted by Gasteiger charge is 2.17. The van der Waals surface area contributed by atoms with Gasteiger partial charge in [-0.15, -0.1) is 0 Å². The number of alkyl halides is 1. The van der Waals surface area contributed by atoms with E-state index >= 15 is 0 Å². The first kappa shape index (κ1) is 16.4. The van der Waals surface area contributed by atoms with Crippen LogP contribution >= 0.6 is 15.9 Å². The van der Waals surface area contributed by atoms with Gasteiger partial charge < -0.3 is 10.6 Å². The van der Waals surface area contributed by atoms with Crippen molar-refractivity contribution in [2.24, 2.45) is 5.92 Å². The fourth-order valence-corrected chi connectivity index (χ4v) is 1.42. The lowest BCUT2D eigenvalue weighted by atomic mass is 10.1. The number of halogens is 1. The third-order valence-corrected chi connectivity index (χ3v) is 3.64. The van der Waals surface area contributed by atoms with Crippen molar-refractivity contribution < 1.29 is 9.59 Å². The van der Waals surface area contributed by atoms with Gasteiger partial charge in [-0.2, -0.15) is 0 Å². The van der Waals surface area contributed by atoms with Crippen LogP contribution in [0.3, 0.4) is 0 Å². The van der Waals surface area contributed by atoms with Crippen LogP contribution in [0.1, 0.15) is 40.5 Å². The number of carbonyl (C=O) groups excluding carboxylic acids is 2. The summed E-state index contributed by atoms with van der Waals surface area (Å²) in [4.78, 5) is 22.7. The van der Waals surface area contributed by atoms with E-state index in [1.165, 1.54) is 0 Å². The minimum Gasteiger partial charge on any atom is -0.355 e. The largest absolute Gasteiger partial charge is 0.355 e. The maximum absolute atomic E-state index is 11.5. The molecule has 0 aromatic rings. The van der Waals surface area contributed by atoms with Gasteiger partial charge in [0, 0.05) is 19.0 Å². The van der Waals surface area contributed by atoms with E-state index in [4.69, 9.17) is 0 Å². The highest BCUT2D eigenvalue weighted by molar-refractivity contribution is 9.10. The molecular weight excluding hydrogens is 284 g/mol. The van der Waals surface area contributed by atoms with Gasteiger partial charge >= 0.3 is 0 Å². The van der Waals surface area contributed by atoms with Crippen molar-refractivity contribution >= 4 is 27.7 Å². The van der Waals surface area contributed by atoms with E-state index in [0.717, 1.165) is 0 Å². The van der Waals surface area contributed by atoms with E-state index in [0.29, 0.717) is 19.4 Å². The first-order valence-corrected chi connectivity index (χ1v) is 6.97. The average Bonchev–Trinajstić information content (AvgIpc) is 2.21. The molecule has 0 aliphatic rings. The Balaban J connectivity index is 3.64. The van der Waals surface area contributed by atoms with Crippen molar-refractivity contribution in [3.05, 3.63) is 0 Å². The van der Waals surface area contributed by atoms with Gasteiger partial charge in [0.1, 0.15) is 0 Å². The molecule has 100 valence electrons. The van der Waals surface area contributed by atoms with Gasteiger partial charge in [0.05, 0.1) is 4.83 Å². The summed E-state index contributed by atoms with van der Waals surface area (Å²) in [6.45, 7) is 8.36. The molecule has 0 heterocycles. The Morgan fingerprint density at radius 1 is 1.18 bits per heavy atom. The van der Waals surface area contributed by atoms with Gasteiger partial charge in [0.25, 0.3) is 0 Å². The Kier molecular flexibility index (Phi) is 8.21. The molecule has 0 aliphatic carbocycles. The van der Waals surface area contributed by atoms with E-state index in [9.17, 15) is 9.59 Å². The van der Waals surface area contributed by atoms with Gasteiger partial charge in [0.15, 0.2) is 0 Å². The van der Waals surface area contributed by atoms with Crippen molar-refractivity contribution in [2.45, 2.75) is 51.4 Å². The smallest absolute Gasteiger partial charge is 0.234 e. The number of carbonyl (C=O) groups is 2. The first-order valence-electron chi connectivity index (χ1n) is 6.05. The quantitative estimate of drug-likeness (QED) is 0.557. The zero-order valence-electron chi connectivity index (χ0n) is 11.0. The molecule has 5 heteroatoms. The molecule has 0 saturated heterocycles. The van der Waals surface area contributed by atoms with Gasteiger partial charge in [-0.1, -0.05) is 29.8 Å². The van der Waals surface area contributed by atoms with Crippen molar-refractivity contribution in [3.8, 4) is 0 Å². The highest BCUT2D eigenvalue weighted by Crippen LogP contribution is 2.11. The predicted molar refractivity (Wildman–Crippen MR) is 73.1 cm³/mol. The predicted octanol–water partition coefficient (Wildman–Crippen LogP) is 1.83. The van der Waals surface area contributed by atoms with Crippen LogP contribution < -0.4 is 10.6 Å². The summed E-state index contributed by atoms with van der Waals surface area (Å²) in [5.41, 5.74) is 0. The molecule has 0 bridgehead atoms. The zero-order chi connectivity index (χ0) is 13.4. The maximum Gasteiger partial charge on any atom is 0.234 e. The molecule has 0 fully saturated rings. The topological polar surface area (TPSA) is 58.2 Å². The van der Waals surface area contributed by atoms with Gasteiger partial charge in [-0.3, -0.25) is 9.59 Å². The van der Waals surface area contributed by atoms with E-state index in [1.807, 2.05) is 27.7 Å². The highest BCUT2D eigenvalue weighted by atomic mass is 79.9. The standard InChI is InChI=1S/C12H23BrN2O2/c1-8(2)11(13)12(17)14-7-5-6-10(16)15-9(3)4/h8-9,11H,5-7H2,1-4H3,(H,14,17)(H,15,16). The van der Waals surface area contributed by atoms with E-state index in [2.05, 4.69) is 26.6 Å². The number of rotatable bonds is 7. The fraction of sp³-hybridized carbons (Fsp3) is 0.833. The van der Waals surface area contributed by atoms with E-state index in [1.54, 1.807) is 0 Å². The number of nitrogens with one attached hydrogen (secondary N) is 2. The molecule has 1 atom stereocenters. The van der Waals surface area contributed by atoms with Crippen molar-refractivity contribution in [1.82, 2.24) is 10.6 Å². The lowest BCUT2D eigenvalue weighted by Crippen LogP contribution is -2.35. The van der Waals surface area contributed by atoms with E-state index < -0.39 is 0 Å². The molecule has 0 radical (unpaired) electrons. The molecule has 4 nitrogen and oxygen atoms in total. The molecule has 0 aliphatic heterocycles. The van der Waals surface area contributed by atoms with Crippen LogP contribution in [0.15, 0.2) is 0 Å². The molecular formula is C12H23BrN2O2. The molecule has 2 N–H and O–H groups in total. The maximum atomic E-state index is 11.5. The summed E-state index contributed by atoms with van der Waals surface area (Å²) in [5.74, 6) is 0.289. The average molecular weight is 307 g/mol. The third kappa shape index (κ3) is 8.18. The van der Waals surface area contributed by atoms with Gasteiger partial charge in [-0.05, 0) is 26.2 Å². The molecule has 0 rings (SSSR count). The summed E-state index contributed by atoms with van der Waals surface area (Å²) in [5, 5.41) is 5.62. The zero-order valence-corrected chi connectivity index (χ0v) is 12.6. The second-order valence-corrected chi connectivity index (χ2v) is 5.75. The Hall–Kier alpha value is -0.580. The van der Waals surface area contributed by atoms with E-state index in [-0.39, 0.29) is 28.6 Å². The second-order valence-electron chi connectivity index (χ2n) is 4.76. The summed E-state index contributed by atoms with van der Waals surface area (Å²) in [6.07, 6.45) is 1.12. The SMILES string of the molecule is CC(C)NC(=O)CCCNC(=O)C(Br)C(C)C. The number of amides is 2. The summed E-state index contributed by atoms with van der Waals surface area (Å²) in [6, 6.07) is 0.171. The monoisotopic (exact) mass is 306 g/mol. The van der Waals surface area contributed by atoms with Crippen LogP contribution in [0.4, 0.5) is 0 Å². The van der Waals surface area contributed by atoms with Gasteiger partial charge in [0.2, 0.25) is 11.8 Å². The lowest BCUT2D eigenvalue weighted by molar-refractivity contribution is -0.123. The first-order chi connectivity index (χ1) is 7.84. The third-order valence-electron chi connectivity index (χ3n) is 2.17. The Morgan fingerprint density at radius 2 is 1.76 bits per heavy atom. The Morgan fingerprint density at radius 3 is 2.24 bits per heavy atom. The summed E-state index contributed by atoms with van der Waals surface area (Å²) < 4.78 is 0. The molecule has 0 saturated carbocycles. The normalized spacial score (nSPS) is 12.6. The fourth-order valence-electron chi connectivity index (χ4n) is 1.25. The molecule has 0 aromatic heterocycles. The van der Waals surface area contributed by atoms with Gasteiger partial charge in [-0.25, -0.2) is 0 Å². The molecule has 0 aromatic carbocycles. The number of hydrogen-bond donors (Lipinski definition) is 2. The van der Waals surface area contributed by atoms with Crippen molar-refractivity contribution in [1.29, 1.82) is 0 Å². The lowest BCUT2D eigenvalue weighted by Gasteiger charge is -2.13. The minimum atomic E-state index is -0.160. The molecule has 1 unspecified atom stereocenters. The van der Waals surface area contributed by atoms with Crippen LogP contribution in [-0.4, -0.2) is 29.2 Å². The second kappa shape index (κ2) is 8.50. The van der Waals surface area contributed by atoms with Crippen LogP contribution in [0, 0.1) is 5.92 Å². The molecule has 2 amide bonds. The Bertz CT molecular complexity index is 255. The molecule has 0 spiro atoms. The summed E-state index contributed by atoms with van der Waals surface area (Å²) in [7, 11) is 0. The van der Waals surface area contributed by atoms with Crippen molar-refractivity contribution in [3.63, 3.8) is 0 Å². The van der Waals surface area contributed by atoms with Crippen LogP contribution in [0.2, 0.25) is 0 Å². The minimum absolute atomic E-state index is 0.00994. The molecule has 17 heavy (non-hydrogen) atoms. The van der Waals surface area contributed by atoms with Crippen molar-refractivity contribution in [2.75, 3.05) is 6.54 Å². The Labute approximate surface area is 112 Å².